The minimum absolute atomic E-state index is 0.493. The number of benzene rings is 2. The number of fused-ring (bicyclic) bond motifs is 2. The van der Waals surface area contributed by atoms with E-state index in [9.17, 15) is 21.6 Å². The number of anilines is 2. The smallest absolute Gasteiger partial charge is 0.340 e. The molecule has 2 aromatic carbocycles. The van der Waals surface area contributed by atoms with Crippen LogP contribution < -0.4 is 10.2 Å². The lowest BCUT2D eigenvalue weighted by Gasteiger charge is -2.33. The molecule has 0 aromatic heterocycles. The molecule has 0 fully saturated rings. The number of para-hydroxylation sites is 1. The normalized spacial score (nSPS) is 13.9. The Hall–Kier alpha value is -1.71. The summed E-state index contributed by atoms with van der Waals surface area (Å²) in [6.07, 6.45) is 2.97. The Morgan fingerprint density at radius 2 is 1.69 bits per heavy atom. The zero-order chi connectivity index (χ0) is 21.1. The summed E-state index contributed by atoms with van der Waals surface area (Å²) in [6, 6.07) is 11.3. The number of halogens is 3. The maximum atomic E-state index is 13.0. The van der Waals surface area contributed by atoms with Crippen LogP contribution in [-0.4, -0.2) is 33.6 Å². The fourth-order valence-corrected chi connectivity index (χ4v) is 5.00. The summed E-state index contributed by atoms with van der Waals surface area (Å²) in [5.74, 6) is 0. The Labute approximate surface area is 173 Å². The Balaban J connectivity index is 1.90. The second-order valence-corrected chi connectivity index (χ2v) is 9.78. The molecule has 2 aromatic rings. The number of nitrogens with one attached hydrogen (secondary N) is 1. The van der Waals surface area contributed by atoms with Gasteiger partial charge < -0.3 is 10.2 Å². The number of hydrogen-bond donors (Lipinski definition) is 1. The second-order valence-electron chi connectivity index (χ2n) is 6.76. The number of hydrogen-bond acceptors (Lipinski definition) is 5. The van der Waals surface area contributed by atoms with Gasteiger partial charge in [-0.1, -0.05) is 37.2 Å². The predicted octanol–water partition coefficient (Wildman–Crippen LogP) is 5.36. The van der Waals surface area contributed by atoms with Crippen LogP contribution in [0.15, 0.2) is 57.2 Å². The molecule has 0 radical (unpaired) electrons. The van der Waals surface area contributed by atoms with Crippen molar-refractivity contribution in [2.24, 2.45) is 0 Å². The zero-order valence-electron chi connectivity index (χ0n) is 16.0. The number of alkyl halides is 3. The van der Waals surface area contributed by atoms with Crippen molar-refractivity contribution in [2.75, 3.05) is 24.5 Å². The molecule has 0 unspecified atom stereocenters. The molecular formula is C20H23F3N2O2S2. The third kappa shape index (κ3) is 4.73. The standard InChI is InChI=1S/C20H23F3N2O2S2/c1-2-3-11-24-12-6-13-25-16-7-4-5-8-18(16)28-19-10-9-15(14-17(19)25)29(26,27)20(21,22)23/h4-5,7-10,14,24H,2-3,6,11-13H2,1H3. The van der Waals surface area contributed by atoms with E-state index < -0.39 is 20.2 Å². The molecule has 1 aliphatic heterocycles. The Bertz CT molecular complexity index is 962. The van der Waals surface area contributed by atoms with Gasteiger partial charge in [0.15, 0.2) is 0 Å². The van der Waals surface area contributed by atoms with Gasteiger partial charge in [0.2, 0.25) is 0 Å². The van der Waals surface area contributed by atoms with E-state index in [1.807, 2.05) is 29.2 Å². The second kappa shape index (κ2) is 8.97. The quantitative estimate of drug-likeness (QED) is 0.556. The van der Waals surface area contributed by atoms with Gasteiger partial charge in [-0.2, -0.15) is 13.2 Å². The lowest BCUT2D eigenvalue weighted by atomic mass is 10.2. The summed E-state index contributed by atoms with van der Waals surface area (Å²) in [5.41, 5.74) is -3.96. The van der Waals surface area contributed by atoms with Crippen LogP contribution in [-0.2, 0) is 9.84 Å². The number of sulfone groups is 1. The highest BCUT2D eigenvalue weighted by molar-refractivity contribution is 7.99. The minimum Gasteiger partial charge on any atom is -0.340 e. The molecular weight excluding hydrogens is 421 g/mol. The first kappa shape index (κ1) is 22.0. The van der Waals surface area contributed by atoms with E-state index in [0.29, 0.717) is 12.2 Å². The van der Waals surface area contributed by atoms with Crippen LogP contribution in [0.2, 0.25) is 0 Å². The van der Waals surface area contributed by atoms with E-state index in [-0.39, 0.29) is 0 Å². The first-order chi connectivity index (χ1) is 13.8. The van der Waals surface area contributed by atoms with Crippen molar-refractivity contribution in [3.63, 3.8) is 0 Å². The van der Waals surface area contributed by atoms with Gasteiger partial charge in [-0.25, -0.2) is 8.42 Å². The average molecular weight is 445 g/mol. The zero-order valence-corrected chi connectivity index (χ0v) is 17.6. The molecule has 0 saturated carbocycles. The van der Waals surface area contributed by atoms with Crippen molar-refractivity contribution >= 4 is 33.0 Å². The molecule has 0 saturated heterocycles. The van der Waals surface area contributed by atoms with Crippen LogP contribution in [0.3, 0.4) is 0 Å². The summed E-state index contributed by atoms with van der Waals surface area (Å²) in [4.78, 5) is 2.92. The topological polar surface area (TPSA) is 49.4 Å². The maximum absolute atomic E-state index is 13.0. The molecule has 0 bridgehead atoms. The molecule has 0 amide bonds. The highest BCUT2D eigenvalue weighted by Gasteiger charge is 2.47. The maximum Gasteiger partial charge on any atom is 0.501 e. The van der Waals surface area contributed by atoms with Crippen LogP contribution in [0.4, 0.5) is 24.5 Å². The van der Waals surface area contributed by atoms with Crippen molar-refractivity contribution in [3.8, 4) is 0 Å². The fraction of sp³-hybridized carbons (Fsp3) is 0.400. The van der Waals surface area contributed by atoms with E-state index in [2.05, 4.69) is 12.2 Å². The molecule has 29 heavy (non-hydrogen) atoms. The predicted molar refractivity (Wildman–Crippen MR) is 110 cm³/mol. The minimum atomic E-state index is -5.39. The van der Waals surface area contributed by atoms with Crippen LogP contribution in [0.5, 0.6) is 0 Å². The lowest BCUT2D eigenvalue weighted by Crippen LogP contribution is -2.27. The van der Waals surface area contributed by atoms with Crippen LogP contribution in [0.25, 0.3) is 0 Å². The summed E-state index contributed by atoms with van der Waals surface area (Å²) < 4.78 is 62.9. The molecule has 1 aliphatic rings. The number of unbranched alkanes of at least 4 members (excludes halogenated alkanes) is 1. The van der Waals surface area contributed by atoms with E-state index in [4.69, 9.17) is 0 Å². The highest BCUT2D eigenvalue weighted by atomic mass is 32.2. The molecule has 9 heteroatoms. The SMILES string of the molecule is CCCCNCCCN1c2ccccc2Sc2ccc(S(=O)(=O)C(F)(F)F)cc21. The number of rotatable bonds is 8. The molecule has 0 spiro atoms. The first-order valence-corrected chi connectivity index (χ1v) is 11.8. The van der Waals surface area contributed by atoms with Gasteiger partial charge in [0, 0.05) is 16.3 Å². The molecule has 0 aliphatic carbocycles. The van der Waals surface area contributed by atoms with Crippen molar-refractivity contribution in [2.45, 2.75) is 46.4 Å². The van der Waals surface area contributed by atoms with E-state index in [0.717, 1.165) is 60.0 Å². The van der Waals surface area contributed by atoms with Gasteiger partial charge in [0.1, 0.15) is 0 Å². The lowest BCUT2D eigenvalue weighted by molar-refractivity contribution is -0.0436. The van der Waals surface area contributed by atoms with Crippen LogP contribution in [0, 0.1) is 0 Å². The largest absolute Gasteiger partial charge is 0.501 e. The number of nitrogens with zero attached hydrogens (tertiary/aromatic N) is 1. The monoisotopic (exact) mass is 444 g/mol. The molecule has 1 N–H and O–H groups in total. The van der Waals surface area contributed by atoms with Gasteiger partial charge in [-0.3, -0.25) is 0 Å². The van der Waals surface area contributed by atoms with Gasteiger partial charge in [-0.15, -0.1) is 0 Å². The Morgan fingerprint density at radius 1 is 1.00 bits per heavy atom. The summed E-state index contributed by atoms with van der Waals surface area (Å²) >= 11 is 1.43. The summed E-state index contributed by atoms with van der Waals surface area (Å²) in [7, 11) is -5.39. The van der Waals surface area contributed by atoms with Crippen molar-refractivity contribution in [1.29, 1.82) is 0 Å². The third-order valence-electron chi connectivity index (χ3n) is 4.65. The van der Waals surface area contributed by atoms with Gasteiger partial charge in [-0.05, 0) is 56.3 Å². The molecule has 1 heterocycles. The van der Waals surface area contributed by atoms with Gasteiger partial charge in [0.05, 0.1) is 16.3 Å². The van der Waals surface area contributed by atoms with Crippen molar-refractivity contribution < 1.29 is 21.6 Å². The average Bonchev–Trinajstić information content (AvgIpc) is 2.68. The Kier molecular flexibility index (Phi) is 6.80. The van der Waals surface area contributed by atoms with Crippen molar-refractivity contribution in [1.82, 2.24) is 5.32 Å². The molecule has 3 rings (SSSR count). The van der Waals surface area contributed by atoms with E-state index in [1.165, 1.54) is 17.8 Å². The Morgan fingerprint density at radius 3 is 2.41 bits per heavy atom. The molecule has 158 valence electrons. The van der Waals surface area contributed by atoms with Crippen molar-refractivity contribution in [3.05, 3.63) is 42.5 Å². The van der Waals surface area contributed by atoms with Gasteiger partial charge >= 0.3 is 5.51 Å². The highest BCUT2D eigenvalue weighted by Crippen LogP contribution is 2.49. The molecule has 0 atom stereocenters. The van der Waals surface area contributed by atoms with Crippen LogP contribution in [0.1, 0.15) is 26.2 Å². The summed E-state index contributed by atoms with van der Waals surface area (Å²) in [6.45, 7) is 4.39. The van der Waals surface area contributed by atoms with Gasteiger partial charge in [0.25, 0.3) is 9.84 Å². The first-order valence-electron chi connectivity index (χ1n) is 9.46. The van der Waals surface area contributed by atoms with E-state index >= 15 is 0 Å². The third-order valence-corrected chi connectivity index (χ3v) is 7.27. The fourth-order valence-electron chi connectivity index (χ4n) is 3.14. The van der Waals surface area contributed by atoms with E-state index in [1.54, 1.807) is 0 Å². The molecule has 4 nitrogen and oxygen atoms in total. The van der Waals surface area contributed by atoms with Crippen LogP contribution >= 0.6 is 11.8 Å². The summed E-state index contributed by atoms with van der Waals surface area (Å²) in [5, 5.41) is 3.35.